The van der Waals surface area contributed by atoms with Crippen LogP contribution in [0.25, 0.3) is 0 Å². The maximum atomic E-state index is 12.1. The van der Waals surface area contributed by atoms with Crippen molar-refractivity contribution in [3.63, 3.8) is 0 Å². The van der Waals surface area contributed by atoms with E-state index in [-0.39, 0.29) is 5.91 Å². The van der Waals surface area contributed by atoms with Crippen molar-refractivity contribution < 1.29 is 4.79 Å². The van der Waals surface area contributed by atoms with Crippen LogP contribution in [0.3, 0.4) is 0 Å². The fourth-order valence-corrected chi connectivity index (χ4v) is 2.82. The van der Waals surface area contributed by atoms with E-state index in [1.54, 1.807) is 0 Å². The Balaban J connectivity index is 1.94. The number of hydrogen-bond donors (Lipinski definition) is 1. The van der Waals surface area contributed by atoms with Crippen LogP contribution in [0.1, 0.15) is 30.9 Å². The minimum Gasteiger partial charge on any atom is -0.324 e. The van der Waals surface area contributed by atoms with Crippen molar-refractivity contribution >= 4 is 11.6 Å². The number of likely N-dealkylation sites (tertiary alicyclic amines) is 1. The first kappa shape index (κ1) is 14.1. The third kappa shape index (κ3) is 3.80. The van der Waals surface area contributed by atoms with E-state index in [2.05, 4.69) is 17.1 Å². The molecule has 0 radical (unpaired) electrons. The maximum Gasteiger partial charge on any atom is 0.238 e. The zero-order valence-corrected chi connectivity index (χ0v) is 12.2. The molecule has 1 aromatic rings. The summed E-state index contributed by atoms with van der Waals surface area (Å²) in [6.07, 6.45) is 2.49. The summed E-state index contributed by atoms with van der Waals surface area (Å²) < 4.78 is 0. The van der Waals surface area contributed by atoms with E-state index in [1.807, 2.05) is 32.0 Å². The second-order valence-electron chi connectivity index (χ2n) is 5.80. The predicted molar refractivity (Wildman–Crippen MR) is 79.4 cm³/mol. The molecule has 1 heterocycles. The molecule has 1 N–H and O–H groups in total. The minimum absolute atomic E-state index is 0.103. The number of carbonyl (C=O) groups excluding carboxylic acids is 1. The maximum absolute atomic E-state index is 12.1. The number of rotatable bonds is 3. The van der Waals surface area contributed by atoms with Gasteiger partial charge in [-0.3, -0.25) is 9.69 Å². The molecule has 0 bridgehead atoms. The molecule has 1 unspecified atom stereocenters. The first-order valence-electron chi connectivity index (χ1n) is 7.14. The highest BCUT2D eigenvalue weighted by molar-refractivity contribution is 5.93. The molecule has 3 heteroatoms. The molecule has 1 aromatic carbocycles. The smallest absolute Gasteiger partial charge is 0.238 e. The molecule has 1 aliphatic rings. The number of benzene rings is 1. The van der Waals surface area contributed by atoms with Crippen molar-refractivity contribution in [1.29, 1.82) is 0 Å². The number of para-hydroxylation sites is 1. The molecule has 1 amide bonds. The van der Waals surface area contributed by atoms with Crippen LogP contribution in [0.2, 0.25) is 0 Å². The summed E-state index contributed by atoms with van der Waals surface area (Å²) in [4.78, 5) is 14.4. The number of carbonyl (C=O) groups is 1. The second kappa shape index (κ2) is 6.20. The molecule has 0 spiro atoms. The van der Waals surface area contributed by atoms with Gasteiger partial charge in [0.1, 0.15) is 0 Å². The number of hydrogen-bond acceptors (Lipinski definition) is 2. The topological polar surface area (TPSA) is 32.3 Å². The molecule has 3 nitrogen and oxygen atoms in total. The molecular formula is C16H24N2O. The van der Waals surface area contributed by atoms with E-state index in [1.165, 1.54) is 12.8 Å². The normalized spacial score (nSPS) is 20.3. The van der Waals surface area contributed by atoms with Crippen LogP contribution < -0.4 is 5.32 Å². The van der Waals surface area contributed by atoms with Gasteiger partial charge in [-0.25, -0.2) is 0 Å². The van der Waals surface area contributed by atoms with Gasteiger partial charge in [0.25, 0.3) is 0 Å². The predicted octanol–water partition coefficient (Wildman–Crippen LogP) is 2.97. The number of nitrogens with one attached hydrogen (secondary N) is 1. The zero-order chi connectivity index (χ0) is 13.8. The highest BCUT2D eigenvalue weighted by Gasteiger charge is 2.18. The Morgan fingerprint density at radius 1 is 1.37 bits per heavy atom. The molecule has 1 saturated heterocycles. The molecule has 0 aromatic heterocycles. The second-order valence-corrected chi connectivity index (χ2v) is 5.80. The highest BCUT2D eigenvalue weighted by Crippen LogP contribution is 2.20. The van der Waals surface area contributed by atoms with E-state index in [0.717, 1.165) is 29.9 Å². The molecule has 1 atom stereocenters. The van der Waals surface area contributed by atoms with Gasteiger partial charge in [0.15, 0.2) is 0 Å². The average Bonchev–Trinajstić information content (AvgIpc) is 2.34. The van der Waals surface area contributed by atoms with Gasteiger partial charge in [0.2, 0.25) is 5.91 Å². The van der Waals surface area contributed by atoms with Crippen molar-refractivity contribution in [2.24, 2.45) is 5.92 Å². The first-order chi connectivity index (χ1) is 9.06. The number of aryl methyl sites for hydroxylation is 2. The van der Waals surface area contributed by atoms with Crippen molar-refractivity contribution in [2.75, 3.05) is 25.0 Å². The van der Waals surface area contributed by atoms with Gasteiger partial charge in [-0.15, -0.1) is 0 Å². The van der Waals surface area contributed by atoms with E-state index < -0.39 is 0 Å². The van der Waals surface area contributed by atoms with Crippen molar-refractivity contribution in [2.45, 2.75) is 33.6 Å². The summed E-state index contributed by atoms with van der Waals surface area (Å²) in [6.45, 7) is 8.93. The van der Waals surface area contributed by atoms with Crippen LogP contribution in [-0.4, -0.2) is 30.4 Å². The molecule has 0 aliphatic carbocycles. The highest BCUT2D eigenvalue weighted by atomic mass is 16.2. The Morgan fingerprint density at radius 2 is 2.05 bits per heavy atom. The molecule has 104 valence electrons. The van der Waals surface area contributed by atoms with Crippen molar-refractivity contribution in [1.82, 2.24) is 4.90 Å². The Kier molecular flexibility index (Phi) is 4.59. The summed E-state index contributed by atoms with van der Waals surface area (Å²) in [5, 5.41) is 3.06. The number of anilines is 1. The van der Waals surface area contributed by atoms with Gasteiger partial charge in [-0.05, 0) is 50.3 Å². The van der Waals surface area contributed by atoms with E-state index in [0.29, 0.717) is 12.5 Å². The van der Waals surface area contributed by atoms with E-state index in [9.17, 15) is 4.79 Å². The van der Waals surface area contributed by atoms with E-state index in [4.69, 9.17) is 0 Å². The van der Waals surface area contributed by atoms with Gasteiger partial charge in [0.05, 0.1) is 6.54 Å². The van der Waals surface area contributed by atoms with Gasteiger partial charge in [-0.2, -0.15) is 0 Å². The van der Waals surface area contributed by atoms with Crippen molar-refractivity contribution in [3.05, 3.63) is 29.3 Å². The quantitative estimate of drug-likeness (QED) is 0.906. The molecule has 1 aliphatic heterocycles. The van der Waals surface area contributed by atoms with Crippen LogP contribution in [-0.2, 0) is 4.79 Å². The third-order valence-corrected chi connectivity index (χ3v) is 3.85. The fraction of sp³-hybridized carbons (Fsp3) is 0.562. The SMILES string of the molecule is Cc1cccc(C)c1NC(=O)CN1CCCC(C)C1. The largest absolute Gasteiger partial charge is 0.324 e. The minimum atomic E-state index is 0.103. The molecule has 0 saturated carbocycles. The van der Waals surface area contributed by atoms with Crippen molar-refractivity contribution in [3.8, 4) is 0 Å². The van der Waals surface area contributed by atoms with Crippen LogP contribution >= 0.6 is 0 Å². The Labute approximate surface area is 116 Å². The standard InChI is InChI=1S/C16H24N2O/c1-12-6-5-9-18(10-12)11-15(19)17-16-13(2)7-4-8-14(16)3/h4,7-8,12H,5-6,9-11H2,1-3H3,(H,17,19). The fourth-order valence-electron chi connectivity index (χ4n) is 2.82. The first-order valence-corrected chi connectivity index (χ1v) is 7.14. The molecule has 2 rings (SSSR count). The lowest BCUT2D eigenvalue weighted by atomic mass is 10.0. The van der Waals surface area contributed by atoms with Gasteiger partial charge < -0.3 is 5.32 Å². The summed E-state index contributed by atoms with van der Waals surface area (Å²) in [5.41, 5.74) is 3.22. The van der Waals surface area contributed by atoms with Crippen LogP contribution in [0.5, 0.6) is 0 Å². The van der Waals surface area contributed by atoms with Gasteiger partial charge in [0, 0.05) is 12.2 Å². The lowest BCUT2D eigenvalue weighted by Gasteiger charge is -2.30. The summed E-state index contributed by atoms with van der Waals surface area (Å²) >= 11 is 0. The van der Waals surface area contributed by atoms with Crippen LogP contribution in [0.15, 0.2) is 18.2 Å². The number of piperidine rings is 1. The Morgan fingerprint density at radius 3 is 2.68 bits per heavy atom. The van der Waals surface area contributed by atoms with E-state index >= 15 is 0 Å². The zero-order valence-electron chi connectivity index (χ0n) is 12.2. The summed E-state index contributed by atoms with van der Waals surface area (Å²) in [6, 6.07) is 6.09. The molecular weight excluding hydrogens is 236 g/mol. The van der Waals surface area contributed by atoms with Crippen LogP contribution in [0.4, 0.5) is 5.69 Å². The number of amides is 1. The lowest BCUT2D eigenvalue weighted by Crippen LogP contribution is -2.39. The van der Waals surface area contributed by atoms with Gasteiger partial charge in [-0.1, -0.05) is 25.1 Å². The molecule has 19 heavy (non-hydrogen) atoms. The van der Waals surface area contributed by atoms with Crippen LogP contribution in [0, 0.1) is 19.8 Å². The Bertz CT molecular complexity index is 436. The summed E-state index contributed by atoms with van der Waals surface area (Å²) in [7, 11) is 0. The monoisotopic (exact) mass is 260 g/mol. The van der Waals surface area contributed by atoms with Gasteiger partial charge >= 0.3 is 0 Å². The third-order valence-electron chi connectivity index (χ3n) is 3.85. The summed E-state index contributed by atoms with van der Waals surface area (Å²) in [5.74, 6) is 0.813. The average molecular weight is 260 g/mol. The Hall–Kier alpha value is -1.35. The lowest BCUT2D eigenvalue weighted by molar-refractivity contribution is -0.117. The number of nitrogens with zero attached hydrogens (tertiary/aromatic N) is 1. The molecule has 1 fully saturated rings.